The molecule has 1 aliphatic rings. The van der Waals surface area contributed by atoms with Crippen LogP contribution < -0.4 is 9.47 Å². The Balaban J connectivity index is 2.09. The molecule has 0 amide bonds. The Morgan fingerprint density at radius 3 is 2.82 bits per heavy atom. The zero-order chi connectivity index (χ0) is 16.1. The molecule has 0 radical (unpaired) electrons. The molecule has 0 aromatic heterocycles. The van der Waals surface area contributed by atoms with Gasteiger partial charge in [-0.05, 0) is 25.1 Å². The van der Waals surface area contributed by atoms with Crippen LogP contribution in [0.4, 0.5) is 0 Å². The monoisotopic (exact) mass is 306 g/mol. The molecule has 2 rings (SSSR count). The van der Waals surface area contributed by atoms with Crippen molar-refractivity contribution in [1.82, 2.24) is 0 Å². The summed E-state index contributed by atoms with van der Waals surface area (Å²) in [5, 5.41) is 0. The predicted molar refractivity (Wildman–Crippen MR) is 78.1 cm³/mol. The number of rotatable bonds is 6. The number of carbonyl (C=O) groups is 2. The lowest BCUT2D eigenvalue weighted by molar-refractivity contribution is -0.147. The molecule has 1 fully saturated rings. The molecular weight excluding hydrogens is 288 g/mol. The number of hydrogen-bond acceptors (Lipinski definition) is 6. The Morgan fingerprint density at radius 2 is 2.23 bits per heavy atom. The van der Waals surface area contributed by atoms with Gasteiger partial charge in [0.2, 0.25) is 6.10 Å². The second-order valence-corrected chi connectivity index (χ2v) is 4.84. The minimum atomic E-state index is -0.856. The Labute approximate surface area is 128 Å². The largest absolute Gasteiger partial charge is 0.493 e. The van der Waals surface area contributed by atoms with E-state index in [0.29, 0.717) is 24.5 Å². The highest BCUT2D eigenvalue weighted by Gasteiger charge is 2.35. The standard InChI is InChI=1S/C16H18O6/c1-4-7-20-12-6-5-11(9-13(12)19-3)15(17)22-14-8-10(2)21-16(14)18/h4-6,9-10,14H,1,7-8H2,2-3H3/t10-,14+/m0/s1. The lowest BCUT2D eigenvalue weighted by Crippen LogP contribution is -2.22. The second-order valence-electron chi connectivity index (χ2n) is 4.84. The minimum absolute atomic E-state index is 0.241. The molecule has 0 spiro atoms. The number of hydrogen-bond donors (Lipinski definition) is 0. The predicted octanol–water partition coefficient (Wildman–Crippen LogP) is 2.12. The average molecular weight is 306 g/mol. The lowest BCUT2D eigenvalue weighted by atomic mass is 10.2. The number of cyclic esters (lactones) is 1. The SMILES string of the molecule is C=CCOc1ccc(C(=O)O[C@@H]2C[C@H](C)OC2=O)cc1OC. The molecule has 1 aromatic carbocycles. The molecule has 0 N–H and O–H groups in total. The van der Waals surface area contributed by atoms with Gasteiger partial charge < -0.3 is 18.9 Å². The van der Waals surface area contributed by atoms with Gasteiger partial charge in [0, 0.05) is 6.42 Å². The fourth-order valence-corrected chi connectivity index (χ4v) is 2.08. The number of methoxy groups -OCH3 is 1. The number of ether oxygens (including phenoxy) is 4. The average Bonchev–Trinajstić information content (AvgIpc) is 2.82. The van der Waals surface area contributed by atoms with Crippen molar-refractivity contribution in [2.75, 3.05) is 13.7 Å². The maximum absolute atomic E-state index is 12.1. The van der Waals surface area contributed by atoms with Crippen LogP contribution in [0.3, 0.4) is 0 Å². The molecule has 118 valence electrons. The molecule has 6 heteroatoms. The molecule has 0 saturated carbocycles. The maximum atomic E-state index is 12.1. The third-order valence-electron chi connectivity index (χ3n) is 3.13. The van der Waals surface area contributed by atoms with Gasteiger partial charge in [-0.2, -0.15) is 0 Å². The number of carbonyl (C=O) groups excluding carboxylic acids is 2. The molecular formula is C16H18O6. The summed E-state index contributed by atoms with van der Waals surface area (Å²) >= 11 is 0. The summed E-state index contributed by atoms with van der Waals surface area (Å²) in [5.74, 6) is -0.227. The van der Waals surface area contributed by atoms with Gasteiger partial charge in [0.1, 0.15) is 12.7 Å². The first-order chi connectivity index (χ1) is 10.5. The smallest absolute Gasteiger partial charge is 0.347 e. The highest BCUT2D eigenvalue weighted by Crippen LogP contribution is 2.29. The fraction of sp³-hybridized carbons (Fsp3) is 0.375. The summed E-state index contributed by atoms with van der Waals surface area (Å²) in [6.07, 6.45) is 0.871. The molecule has 1 aliphatic heterocycles. The van der Waals surface area contributed by atoms with Gasteiger partial charge in [-0.15, -0.1) is 0 Å². The van der Waals surface area contributed by atoms with Gasteiger partial charge in [-0.3, -0.25) is 0 Å². The van der Waals surface area contributed by atoms with E-state index < -0.39 is 18.0 Å². The zero-order valence-corrected chi connectivity index (χ0v) is 12.5. The molecule has 0 bridgehead atoms. The van der Waals surface area contributed by atoms with E-state index in [-0.39, 0.29) is 11.7 Å². The van der Waals surface area contributed by atoms with Crippen molar-refractivity contribution in [3.8, 4) is 11.5 Å². The minimum Gasteiger partial charge on any atom is -0.493 e. The van der Waals surface area contributed by atoms with Crippen molar-refractivity contribution >= 4 is 11.9 Å². The van der Waals surface area contributed by atoms with Crippen LogP contribution in [0, 0.1) is 0 Å². The molecule has 0 aliphatic carbocycles. The van der Waals surface area contributed by atoms with E-state index in [4.69, 9.17) is 18.9 Å². The zero-order valence-electron chi connectivity index (χ0n) is 12.5. The summed E-state index contributed by atoms with van der Waals surface area (Å²) in [7, 11) is 1.47. The summed E-state index contributed by atoms with van der Waals surface area (Å²) in [4.78, 5) is 23.6. The number of esters is 2. The van der Waals surface area contributed by atoms with Crippen LogP contribution in [0.25, 0.3) is 0 Å². The molecule has 1 aromatic rings. The van der Waals surface area contributed by atoms with Gasteiger partial charge in [-0.25, -0.2) is 9.59 Å². The summed E-state index contributed by atoms with van der Waals surface area (Å²) in [5.41, 5.74) is 0.273. The highest BCUT2D eigenvalue weighted by molar-refractivity contribution is 5.92. The van der Waals surface area contributed by atoms with Gasteiger partial charge >= 0.3 is 11.9 Å². The Kier molecular flexibility index (Phi) is 5.04. The van der Waals surface area contributed by atoms with Crippen LogP contribution in [0.15, 0.2) is 30.9 Å². The molecule has 0 unspecified atom stereocenters. The maximum Gasteiger partial charge on any atom is 0.347 e. The van der Waals surface area contributed by atoms with Crippen LogP contribution in [0.2, 0.25) is 0 Å². The van der Waals surface area contributed by atoms with Crippen molar-refractivity contribution in [3.05, 3.63) is 36.4 Å². The van der Waals surface area contributed by atoms with Gasteiger partial charge in [0.05, 0.1) is 12.7 Å². The lowest BCUT2D eigenvalue weighted by Gasteiger charge is -2.12. The summed E-state index contributed by atoms with van der Waals surface area (Å²) in [6.45, 7) is 5.64. The van der Waals surface area contributed by atoms with E-state index in [2.05, 4.69) is 6.58 Å². The normalized spacial score (nSPS) is 20.2. The Morgan fingerprint density at radius 1 is 1.45 bits per heavy atom. The fourth-order valence-electron chi connectivity index (χ4n) is 2.08. The van der Waals surface area contributed by atoms with E-state index >= 15 is 0 Å². The van der Waals surface area contributed by atoms with Crippen molar-refractivity contribution in [1.29, 1.82) is 0 Å². The van der Waals surface area contributed by atoms with E-state index in [1.807, 2.05) is 0 Å². The van der Waals surface area contributed by atoms with E-state index in [1.54, 1.807) is 25.1 Å². The van der Waals surface area contributed by atoms with Gasteiger partial charge in [0.25, 0.3) is 0 Å². The van der Waals surface area contributed by atoms with Crippen LogP contribution in [0.5, 0.6) is 11.5 Å². The van der Waals surface area contributed by atoms with Crippen LogP contribution >= 0.6 is 0 Å². The van der Waals surface area contributed by atoms with E-state index in [0.717, 1.165) is 0 Å². The third kappa shape index (κ3) is 3.58. The quantitative estimate of drug-likeness (QED) is 0.592. The molecule has 22 heavy (non-hydrogen) atoms. The molecule has 2 atom stereocenters. The van der Waals surface area contributed by atoms with Gasteiger partial charge in [-0.1, -0.05) is 12.7 Å². The van der Waals surface area contributed by atoms with E-state index in [9.17, 15) is 9.59 Å². The highest BCUT2D eigenvalue weighted by atomic mass is 16.6. The third-order valence-corrected chi connectivity index (χ3v) is 3.13. The Bertz CT molecular complexity index is 580. The summed E-state index contributed by atoms with van der Waals surface area (Å²) < 4.78 is 20.7. The van der Waals surface area contributed by atoms with E-state index in [1.165, 1.54) is 13.2 Å². The first kappa shape index (κ1) is 15.9. The first-order valence-corrected chi connectivity index (χ1v) is 6.88. The van der Waals surface area contributed by atoms with Crippen molar-refractivity contribution in [3.63, 3.8) is 0 Å². The topological polar surface area (TPSA) is 71.1 Å². The van der Waals surface area contributed by atoms with Crippen molar-refractivity contribution in [2.24, 2.45) is 0 Å². The van der Waals surface area contributed by atoms with Crippen LogP contribution in [-0.4, -0.2) is 37.9 Å². The number of benzene rings is 1. The molecule has 1 heterocycles. The van der Waals surface area contributed by atoms with Crippen LogP contribution in [0.1, 0.15) is 23.7 Å². The summed E-state index contributed by atoms with van der Waals surface area (Å²) in [6, 6.07) is 4.66. The Hall–Kier alpha value is -2.50. The van der Waals surface area contributed by atoms with Crippen LogP contribution in [-0.2, 0) is 14.3 Å². The molecule has 1 saturated heterocycles. The van der Waals surface area contributed by atoms with Crippen molar-refractivity contribution in [2.45, 2.75) is 25.6 Å². The van der Waals surface area contributed by atoms with Gasteiger partial charge in [0.15, 0.2) is 11.5 Å². The molecule has 6 nitrogen and oxygen atoms in total. The second kappa shape index (κ2) is 6.98. The first-order valence-electron chi connectivity index (χ1n) is 6.88. The van der Waals surface area contributed by atoms with Crippen molar-refractivity contribution < 1.29 is 28.5 Å².